The Labute approximate surface area is 187 Å². The number of para-hydroxylation sites is 1. The fraction of sp³-hybridized carbons (Fsp3) is 0.0400. The molecule has 5 rings (SSSR count). The van der Waals surface area contributed by atoms with Gasteiger partial charge in [-0.1, -0.05) is 78.0 Å². The van der Waals surface area contributed by atoms with Crippen molar-refractivity contribution >= 4 is 45.0 Å². The van der Waals surface area contributed by atoms with Crippen molar-refractivity contribution in [2.75, 3.05) is 0 Å². The first-order chi connectivity index (χ1) is 15.1. The summed E-state index contributed by atoms with van der Waals surface area (Å²) in [5.41, 5.74) is 2.04. The lowest BCUT2D eigenvalue weighted by atomic mass is 10.1. The van der Waals surface area contributed by atoms with Gasteiger partial charge in [-0.25, -0.2) is 9.37 Å². The number of benzene rings is 4. The predicted molar refractivity (Wildman–Crippen MR) is 126 cm³/mol. The topological polar surface area (TPSA) is 34.9 Å². The Balaban J connectivity index is 1.65. The zero-order valence-corrected chi connectivity index (χ0v) is 17.8. The Morgan fingerprint density at radius 2 is 1.65 bits per heavy atom. The Morgan fingerprint density at radius 3 is 2.48 bits per heavy atom. The van der Waals surface area contributed by atoms with Crippen LogP contribution in [0.4, 0.5) is 4.39 Å². The predicted octanol–water partition coefficient (Wildman–Crippen LogP) is 6.62. The first kappa shape index (κ1) is 19.8. The van der Waals surface area contributed by atoms with E-state index in [-0.39, 0.29) is 10.6 Å². The smallest absolute Gasteiger partial charge is 0.266 e. The highest BCUT2D eigenvalue weighted by Gasteiger charge is 2.15. The van der Waals surface area contributed by atoms with Crippen LogP contribution in [-0.2, 0) is 5.75 Å². The highest BCUT2D eigenvalue weighted by molar-refractivity contribution is 7.98. The first-order valence-corrected chi connectivity index (χ1v) is 11.0. The molecule has 0 N–H and O–H groups in total. The summed E-state index contributed by atoms with van der Waals surface area (Å²) >= 11 is 7.47. The van der Waals surface area contributed by atoms with Gasteiger partial charge in [-0.2, -0.15) is 0 Å². The molecule has 0 bridgehead atoms. The van der Waals surface area contributed by atoms with Crippen molar-refractivity contribution in [3.63, 3.8) is 0 Å². The molecule has 3 nitrogen and oxygen atoms in total. The maximum Gasteiger partial charge on any atom is 0.266 e. The van der Waals surface area contributed by atoms with E-state index in [1.54, 1.807) is 18.2 Å². The van der Waals surface area contributed by atoms with Crippen LogP contribution in [0.5, 0.6) is 0 Å². The standard InChI is InChI=1S/C25H16ClFN2OS/c26-21-14-18(12-13-22(21)27)29-24(30)20-10-3-4-11-23(20)28-25(29)31-15-17-8-5-7-16-6-1-2-9-19(16)17/h1-14H,15H2. The molecular weight excluding hydrogens is 431 g/mol. The van der Waals surface area contributed by atoms with Crippen molar-refractivity contribution in [3.05, 3.63) is 112 Å². The minimum absolute atomic E-state index is 0.0393. The van der Waals surface area contributed by atoms with Gasteiger partial charge in [0.05, 0.1) is 21.6 Å². The molecule has 31 heavy (non-hydrogen) atoms. The van der Waals surface area contributed by atoms with Crippen molar-refractivity contribution in [2.45, 2.75) is 10.9 Å². The number of hydrogen-bond acceptors (Lipinski definition) is 3. The van der Waals surface area contributed by atoms with Gasteiger partial charge in [-0.15, -0.1) is 0 Å². The molecule has 0 saturated heterocycles. The number of fused-ring (bicyclic) bond motifs is 2. The maximum atomic E-state index is 13.7. The zero-order valence-electron chi connectivity index (χ0n) is 16.3. The van der Waals surface area contributed by atoms with Crippen LogP contribution < -0.4 is 5.56 Å². The number of nitrogens with zero attached hydrogens (tertiary/aromatic N) is 2. The lowest BCUT2D eigenvalue weighted by Crippen LogP contribution is -2.21. The summed E-state index contributed by atoms with van der Waals surface area (Å²) in [6.07, 6.45) is 0. The second-order valence-electron chi connectivity index (χ2n) is 7.08. The molecular formula is C25H16ClFN2OS. The number of halogens is 2. The second kappa shape index (κ2) is 8.17. The van der Waals surface area contributed by atoms with E-state index in [9.17, 15) is 9.18 Å². The highest BCUT2D eigenvalue weighted by Crippen LogP contribution is 2.29. The van der Waals surface area contributed by atoms with Crippen LogP contribution >= 0.6 is 23.4 Å². The van der Waals surface area contributed by atoms with E-state index >= 15 is 0 Å². The monoisotopic (exact) mass is 446 g/mol. The zero-order chi connectivity index (χ0) is 21.4. The molecule has 0 aliphatic carbocycles. The molecule has 4 aromatic carbocycles. The Hall–Kier alpha value is -3.15. The molecule has 5 aromatic rings. The van der Waals surface area contributed by atoms with Crippen LogP contribution in [0, 0.1) is 5.82 Å². The van der Waals surface area contributed by atoms with Gasteiger partial charge >= 0.3 is 0 Å². The van der Waals surface area contributed by atoms with Crippen molar-refractivity contribution < 1.29 is 4.39 Å². The van der Waals surface area contributed by atoms with E-state index in [1.807, 2.05) is 30.3 Å². The molecule has 0 saturated carbocycles. The quantitative estimate of drug-likeness (QED) is 0.230. The average molecular weight is 447 g/mol. The number of hydrogen-bond donors (Lipinski definition) is 0. The van der Waals surface area contributed by atoms with Crippen LogP contribution in [0.25, 0.3) is 27.4 Å². The van der Waals surface area contributed by atoms with Crippen LogP contribution in [-0.4, -0.2) is 9.55 Å². The first-order valence-electron chi connectivity index (χ1n) is 9.68. The van der Waals surface area contributed by atoms with Crippen molar-refractivity contribution in [1.82, 2.24) is 9.55 Å². The fourth-order valence-corrected chi connectivity index (χ4v) is 4.81. The molecule has 0 spiro atoms. The maximum absolute atomic E-state index is 13.7. The van der Waals surface area contributed by atoms with Crippen LogP contribution in [0.2, 0.25) is 5.02 Å². The third-order valence-corrected chi connectivity index (χ3v) is 6.42. The second-order valence-corrected chi connectivity index (χ2v) is 8.43. The van der Waals surface area contributed by atoms with Gasteiger partial charge in [0.1, 0.15) is 5.82 Å². The molecule has 1 aromatic heterocycles. The summed E-state index contributed by atoms with van der Waals surface area (Å²) in [7, 11) is 0. The van der Waals surface area contributed by atoms with E-state index in [0.29, 0.717) is 27.5 Å². The van der Waals surface area contributed by atoms with Gasteiger partial charge < -0.3 is 0 Å². The molecule has 6 heteroatoms. The van der Waals surface area contributed by atoms with E-state index in [1.165, 1.54) is 28.5 Å². The SMILES string of the molecule is O=c1c2ccccc2nc(SCc2cccc3ccccc23)n1-c1ccc(F)c(Cl)c1. The Morgan fingerprint density at radius 1 is 0.903 bits per heavy atom. The fourth-order valence-electron chi connectivity index (χ4n) is 3.62. The average Bonchev–Trinajstić information content (AvgIpc) is 2.80. The number of aromatic nitrogens is 2. The van der Waals surface area contributed by atoms with Crippen molar-refractivity contribution in [2.24, 2.45) is 0 Å². The molecule has 0 aliphatic heterocycles. The molecule has 0 amide bonds. The molecule has 152 valence electrons. The van der Waals surface area contributed by atoms with E-state index in [0.717, 1.165) is 16.3 Å². The number of thioether (sulfide) groups is 1. The van der Waals surface area contributed by atoms with E-state index in [4.69, 9.17) is 16.6 Å². The summed E-state index contributed by atoms with van der Waals surface area (Å²) in [6, 6.07) is 25.9. The molecule has 0 atom stereocenters. The van der Waals surface area contributed by atoms with Gasteiger partial charge in [0.2, 0.25) is 0 Å². The Kier molecular flexibility index (Phi) is 5.22. The van der Waals surface area contributed by atoms with Gasteiger partial charge in [0.15, 0.2) is 5.16 Å². The lowest BCUT2D eigenvalue weighted by molar-refractivity contribution is 0.627. The van der Waals surface area contributed by atoms with Gasteiger partial charge in [-0.05, 0) is 46.7 Å². The summed E-state index contributed by atoms with van der Waals surface area (Å²) in [4.78, 5) is 18.1. The Bertz CT molecular complexity index is 1490. The highest BCUT2D eigenvalue weighted by atomic mass is 35.5. The lowest BCUT2D eigenvalue weighted by Gasteiger charge is -2.14. The molecule has 0 unspecified atom stereocenters. The normalized spacial score (nSPS) is 11.3. The minimum Gasteiger partial charge on any atom is -0.268 e. The van der Waals surface area contributed by atoms with Crippen LogP contribution in [0.3, 0.4) is 0 Å². The third kappa shape index (κ3) is 3.71. The third-order valence-electron chi connectivity index (χ3n) is 5.14. The largest absolute Gasteiger partial charge is 0.268 e. The van der Waals surface area contributed by atoms with Gasteiger partial charge in [-0.3, -0.25) is 9.36 Å². The molecule has 0 radical (unpaired) electrons. The summed E-state index contributed by atoms with van der Waals surface area (Å²) in [5.74, 6) is 0.0957. The van der Waals surface area contributed by atoms with Crippen LogP contribution in [0.15, 0.2) is 94.9 Å². The van der Waals surface area contributed by atoms with E-state index in [2.05, 4.69) is 24.3 Å². The summed E-state index contributed by atoms with van der Waals surface area (Å²) in [6.45, 7) is 0. The van der Waals surface area contributed by atoms with Crippen molar-refractivity contribution in [3.8, 4) is 5.69 Å². The molecule has 0 fully saturated rings. The number of rotatable bonds is 4. The summed E-state index contributed by atoms with van der Waals surface area (Å²) in [5, 5.41) is 3.31. The summed E-state index contributed by atoms with van der Waals surface area (Å²) < 4.78 is 15.2. The van der Waals surface area contributed by atoms with Crippen molar-refractivity contribution in [1.29, 1.82) is 0 Å². The van der Waals surface area contributed by atoms with Crippen LogP contribution in [0.1, 0.15) is 5.56 Å². The van der Waals surface area contributed by atoms with Gasteiger partial charge in [0.25, 0.3) is 5.56 Å². The van der Waals surface area contributed by atoms with Gasteiger partial charge in [0, 0.05) is 5.75 Å². The minimum atomic E-state index is -0.530. The van der Waals surface area contributed by atoms with E-state index < -0.39 is 5.82 Å². The molecule has 0 aliphatic rings. The molecule has 1 heterocycles.